The average Bonchev–Trinajstić information content (AvgIpc) is 2.56. The Kier molecular flexibility index (Phi) is 6.65. The summed E-state index contributed by atoms with van der Waals surface area (Å²) < 4.78 is 12.9. The van der Waals surface area contributed by atoms with E-state index in [0.717, 1.165) is 11.1 Å². The maximum absolute atomic E-state index is 12.9. The first kappa shape index (κ1) is 19.5. The molecule has 0 saturated heterocycles. The minimum atomic E-state index is -0.238. The molecule has 2 rings (SSSR count). The van der Waals surface area contributed by atoms with E-state index in [1.807, 2.05) is 6.92 Å². The predicted molar refractivity (Wildman–Crippen MR) is 104 cm³/mol. The van der Waals surface area contributed by atoms with Crippen LogP contribution < -0.4 is 5.32 Å². The number of nitrogens with one attached hydrogen (secondary N) is 1. The predicted octanol–water partition coefficient (Wildman–Crippen LogP) is 5.23. The second-order valence-corrected chi connectivity index (χ2v) is 8.27. The highest BCUT2D eigenvalue weighted by Gasteiger charge is 2.15. The minimum Gasteiger partial charge on any atom is -0.349 e. The van der Waals surface area contributed by atoms with Crippen LogP contribution in [-0.2, 0) is 16.0 Å². The van der Waals surface area contributed by atoms with Crippen molar-refractivity contribution in [2.24, 2.45) is 0 Å². The summed E-state index contributed by atoms with van der Waals surface area (Å²) in [5.74, 6) is 0.863. The van der Waals surface area contributed by atoms with Gasteiger partial charge >= 0.3 is 0 Å². The van der Waals surface area contributed by atoms with Crippen molar-refractivity contribution < 1.29 is 9.18 Å². The summed E-state index contributed by atoms with van der Waals surface area (Å²) in [5, 5.41) is 3.03. The largest absolute Gasteiger partial charge is 0.349 e. The molecule has 2 aromatic rings. The van der Waals surface area contributed by atoms with Crippen LogP contribution in [0.1, 0.15) is 50.4 Å². The molecule has 2 nitrogen and oxygen atoms in total. The third kappa shape index (κ3) is 6.20. The van der Waals surface area contributed by atoms with Gasteiger partial charge in [0, 0.05) is 5.75 Å². The first-order valence-electron chi connectivity index (χ1n) is 8.47. The van der Waals surface area contributed by atoms with Crippen molar-refractivity contribution in [3.63, 3.8) is 0 Å². The van der Waals surface area contributed by atoms with Gasteiger partial charge in [0.15, 0.2) is 0 Å². The molecule has 0 aromatic heterocycles. The zero-order chi connectivity index (χ0) is 18.4. The van der Waals surface area contributed by atoms with Crippen molar-refractivity contribution in [3.8, 4) is 0 Å². The normalized spacial score (nSPS) is 12.7. The lowest BCUT2D eigenvalue weighted by atomic mass is 9.86. The van der Waals surface area contributed by atoms with E-state index >= 15 is 0 Å². The van der Waals surface area contributed by atoms with Crippen LogP contribution in [0.15, 0.2) is 48.5 Å². The molecule has 0 aliphatic rings. The van der Waals surface area contributed by atoms with Gasteiger partial charge in [-0.3, -0.25) is 4.79 Å². The van der Waals surface area contributed by atoms with Crippen LogP contribution in [0.25, 0.3) is 0 Å². The summed E-state index contributed by atoms with van der Waals surface area (Å²) in [6.07, 6.45) is 0. The molecule has 1 atom stereocenters. The maximum atomic E-state index is 12.9. The average molecular weight is 360 g/mol. The standard InChI is InChI=1S/C21H26FNOS/c1-15(17-7-9-18(10-8-17)21(2,3)4)23-20(24)14-25-13-16-5-11-19(22)12-6-16/h5-12,15H,13-14H2,1-4H3,(H,23,24)/t15-/m0/s1. The molecule has 1 amide bonds. The number of halogens is 1. The summed E-state index contributed by atoms with van der Waals surface area (Å²) in [4.78, 5) is 12.1. The Labute approximate surface area is 154 Å². The van der Waals surface area contributed by atoms with Crippen molar-refractivity contribution in [2.75, 3.05) is 5.75 Å². The van der Waals surface area contributed by atoms with Crippen LogP contribution in [0.3, 0.4) is 0 Å². The van der Waals surface area contributed by atoms with Crippen LogP contribution >= 0.6 is 11.8 Å². The number of amides is 1. The summed E-state index contributed by atoms with van der Waals surface area (Å²) in [6, 6.07) is 14.8. The number of thioether (sulfide) groups is 1. The summed E-state index contributed by atoms with van der Waals surface area (Å²) in [5.41, 5.74) is 3.53. The lowest BCUT2D eigenvalue weighted by molar-refractivity contribution is -0.119. The van der Waals surface area contributed by atoms with Gasteiger partial charge in [-0.25, -0.2) is 4.39 Å². The van der Waals surface area contributed by atoms with Gasteiger partial charge < -0.3 is 5.32 Å². The number of rotatable bonds is 6. The third-order valence-corrected chi connectivity index (χ3v) is 5.07. The number of carbonyl (C=O) groups excluding carboxylic acids is 1. The second-order valence-electron chi connectivity index (χ2n) is 7.28. The Morgan fingerprint density at radius 2 is 1.68 bits per heavy atom. The molecule has 0 heterocycles. The Morgan fingerprint density at radius 1 is 1.08 bits per heavy atom. The van der Waals surface area contributed by atoms with Gasteiger partial charge in [-0.2, -0.15) is 0 Å². The zero-order valence-electron chi connectivity index (χ0n) is 15.3. The van der Waals surface area contributed by atoms with Gasteiger partial charge in [0.2, 0.25) is 5.91 Å². The number of hydrogen-bond acceptors (Lipinski definition) is 2. The van der Waals surface area contributed by atoms with E-state index in [9.17, 15) is 9.18 Å². The highest BCUT2D eigenvalue weighted by molar-refractivity contribution is 7.99. The van der Waals surface area contributed by atoms with Crippen LogP contribution in [-0.4, -0.2) is 11.7 Å². The van der Waals surface area contributed by atoms with Gasteiger partial charge in [0.1, 0.15) is 5.82 Å². The summed E-state index contributed by atoms with van der Waals surface area (Å²) in [6.45, 7) is 8.55. The van der Waals surface area contributed by atoms with Crippen molar-refractivity contribution in [1.82, 2.24) is 5.32 Å². The Balaban J connectivity index is 1.80. The molecule has 0 aliphatic carbocycles. The molecule has 0 bridgehead atoms. The topological polar surface area (TPSA) is 29.1 Å². The number of benzene rings is 2. The lowest BCUT2D eigenvalue weighted by Gasteiger charge is -2.20. The minimum absolute atomic E-state index is 0.0134. The molecule has 4 heteroatoms. The molecule has 0 radical (unpaired) electrons. The van der Waals surface area contributed by atoms with Crippen LogP contribution in [0.2, 0.25) is 0 Å². The van der Waals surface area contributed by atoms with E-state index < -0.39 is 0 Å². The molecular weight excluding hydrogens is 333 g/mol. The van der Waals surface area contributed by atoms with Crippen LogP contribution in [0, 0.1) is 5.82 Å². The lowest BCUT2D eigenvalue weighted by Crippen LogP contribution is -2.28. The SMILES string of the molecule is C[C@H](NC(=O)CSCc1ccc(F)cc1)c1ccc(C(C)(C)C)cc1. The zero-order valence-corrected chi connectivity index (χ0v) is 16.1. The molecule has 1 N–H and O–H groups in total. The van der Waals surface area contributed by atoms with Gasteiger partial charge in [-0.05, 0) is 41.2 Å². The van der Waals surface area contributed by atoms with Crippen LogP contribution in [0.5, 0.6) is 0 Å². The Hall–Kier alpha value is -1.81. The molecule has 0 fully saturated rings. The first-order valence-corrected chi connectivity index (χ1v) is 9.63. The third-order valence-electron chi connectivity index (χ3n) is 4.07. The number of carbonyl (C=O) groups is 1. The van der Waals surface area contributed by atoms with Gasteiger partial charge in [0.25, 0.3) is 0 Å². The summed E-state index contributed by atoms with van der Waals surface area (Å²) in [7, 11) is 0. The maximum Gasteiger partial charge on any atom is 0.230 e. The highest BCUT2D eigenvalue weighted by atomic mass is 32.2. The molecule has 25 heavy (non-hydrogen) atoms. The van der Waals surface area contributed by atoms with Gasteiger partial charge in [0.05, 0.1) is 11.8 Å². The number of hydrogen-bond donors (Lipinski definition) is 1. The Morgan fingerprint density at radius 3 is 2.24 bits per heavy atom. The van der Waals surface area contributed by atoms with Crippen LogP contribution in [0.4, 0.5) is 4.39 Å². The van der Waals surface area contributed by atoms with Crippen molar-refractivity contribution in [1.29, 1.82) is 0 Å². The Bertz CT molecular complexity index is 689. The molecule has 0 saturated carbocycles. The molecule has 0 spiro atoms. The molecule has 0 aliphatic heterocycles. The van der Waals surface area contributed by atoms with E-state index in [1.165, 1.54) is 29.5 Å². The van der Waals surface area contributed by atoms with E-state index in [0.29, 0.717) is 11.5 Å². The van der Waals surface area contributed by atoms with E-state index in [4.69, 9.17) is 0 Å². The van der Waals surface area contributed by atoms with Crippen molar-refractivity contribution in [2.45, 2.75) is 44.9 Å². The van der Waals surface area contributed by atoms with E-state index in [-0.39, 0.29) is 23.2 Å². The van der Waals surface area contributed by atoms with Crippen molar-refractivity contribution >= 4 is 17.7 Å². The summed E-state index contributed by atoms with van der Waals surface area (Å²) >= 11 is 1.53. The van der Waals surface area contributed by atoms with Crippen molar-refractivity contribution in [3.05, 3.63) is 71.0 Å². The second kappa shape index (κ2) is 8.52. The van der Waals surface area contributed by atoms with E-state index in [1.54, 1.807) is 12.1 Å². The molecule has 2 aromatic carbocycles. The monoisotopic (exact) mass is 359 g/mol. The van der Waals surface area contributed by atoms with E-state index in [2.05, 4.69) is 50.4 Å². The molecule has 0 unspecified atom stereocenters. The van der Waals surface area contributed by atoms with Gasteiger partial charge in [-0.1, -0.05) is 57.2 Å². The smallest absolute Gasteiger partial charge is 0.230 e. The molecular formula is C21H26FNOS. The first-order chi connectivity index (χ1) is 11.8. The fourth-order valence-electron chi connectivity index (χ4n) is 2.48. The quantitative estimate of drug-likeness (QED) is 0.765. The fraction of sp³-hybridized carbons (Fsp3) is 0.381. The fourth-order valence-corrected chi connectivity index (χ4v) is 3.28. The molecule has 134 valence electrons. The highest BCUT2D eigenvalue weighted by Crippen LogP contribution is 2.24. The van der Waals surface area contributed by atoms with Gasteiger partial charge in [-0.15, -0.1) is 11.8 Å².